The second-order valence-corrected chi connectivity index (χ2v) is 8.53. The lowest BCUT2D eigenvalue weighted by atomic mass is 10.1. The number of halogens is 1. The topological polar surface area (TPSA) is 105 Å². The number of carbonyl (C=O) groups is 4. The zero-order valence-electron chi connectivity index (χ0n) is 19.7. The molecule has 3 aromatic carbocycles. The molecule has 0 aliphatic carbocycles. The molecule has 0 radical (unpaired) electrons. The van der Waals surface area contributed by atoms with Crippen molar-refractivity contribution >= 4 is 52.4 Å². The van der Waals surface area contributed by atoms with Gasteiger partial charge < -0.3 is 15.4 Å². The molecule has 1 aliphatic heterocycles. The van der Waals surface area contributed by atoms with Crippen LogP contribution in [0.3, 0.4) is 0 Å². The first-order chi connectivity index (χ1) is 17.2. The third-order valence-corrected chi connectivity index (χ3v) is 5.94. The van der Waals surface area contributed by atoms with E-state index in [0.717, 1.165) is 16.0 Å². The van der Waals surface area contributed by atoms with Gasteiger partial charge in [0.1, 0.15) is 10.7 Å². The highest BCUT2D eigenvalue weighted by molar-refractivity contribution is 6.53. The molecule has 0 bridgehead atoms. The van der Waals surface area contributed by atoms with Crippen LogP contribution < -0.4 is 15.5 Å². The third-order valence-electron chi connectivity index (χ3n) is 5.59. The van der Waals surface area contributed by atoms with Crippen LogP contribution in [-0.2, 0) is 14.3 Å². The lowest BCUT2D eigenvalue weighted by Crippen LogP contribution is -2.32. The van der Waals surface area contributed by atoms with E-state index in [-0.39, 0.29) is 27.9 Å². The minimum absolute atomic E-state index is 0.141. The molecule has 3 aromatic rings. The molecule has 1 aliphatic rings. The summed E-state index contributed by atoms with van der Waals surface area (Å²) in [7, 11) is 1.23. The van der Waals surface area contributed by atoms with E-state index in [1.165, 1.54) is 31.4 Å². The fourth-order valence-electron chi connectivity index (χ4n) is 3.68. The van der Waals surface area contributed by atoms with Gasteiger partial charge in [-0.05, 0) is 67.4 Å². The maximum Gasteiger partial charge on any atom is 0.337 e. The van der Waals surface area contributed by atoms with Gasteiger partial charge in [-0.15, -0.1) is 0 Å². The standard InChI is InChI=1S/C27H22ClN3O5/c1-15-10-11-16(2)21(12-15)30-24(32)17-6-4-8-19(13-17)29-23-22(28)25(33)31(26(23)34)20-9-5-7-18(14-20)27(35)36-3/h4-14,29H,1-3H3,(H,30,32). The number of ether oxygens (including phenoxy) is 1. The Labute approximate surface area is 212 Å². The van der Waals surface area contributed by atoms with Gasteiger partial charge in [-0.3, -0.25) is 14.4 Å². The molecule has 0 saturated carbocycles. The van der Waals surface area contributed by atoms with Gasteiger partial charge in [-0.1, -0.05) is 35.9 Å². The average Bonchev–Trinajstić information content (AvgIpc) is 3.08. The Morgan fingerprint density at radius 1 is 0.889 bits per heavy atom. The summed E-state index contributed by atoms with van der Waals surface area (Å²) < 4.78 is 4.70. The highest BCUT2D eigenvalue weighted by Crippen LogP contribution is 2.31. The van der Waals surface area contributed by atoms with Crippen molar-refractivity contribution in [3.63, 3.8) is 0 Å². The van der Waals surface area contributed by atoms with Crippen molar-refractivity contribution in [2.45, 2.75) is 13.8 Å². The van der Waals surface area contributed by atoms with Crippen molar-refractivity contribution in [3.8, 4) is 0 Å². The van der Waals surface area contributed by atoms with Crippen LogP contribution in [0.4, 0.5) is 17.1 Å². The molecular weight excluding hydrogens is 482 g/mol. The predicted molar refractivity (Wildman–Crippen MR) is 137 cm³/mol. The molecule has 0 unspecified atom stereocenters. The minimum atomic E-state index is -0.741. The summed E-state index contributed by atoms with van der Waals surface area (Å²) in [6.07, 6.45) is 0. The molecule has 182 valence electrons. The summed E-state index contributed by atoms with van der Waals surface area (Å²) in [5.41, 5.74) is 3.58. The number of methoxy groups -OCH3 is 1. The number of aryl methyl sites for hydroxylation is 2. The maximum atomic E-state index is 13.1. The quantitative estimate of drug-likeness (QED) is 0.370. The number of hydrogen-bond donors (Lipinski definition) is 2. The van der Waals surface area contributed by atoms with Gasteiger partial charge in [0.15, 0.2) is 0 Å². The van der Waals surface area contributed by atoms with Crippen LogP contribution in [0, 0.1) is 13.8 Å². The summed E-state index contributed by atoms with van der Waals surface area (Å²) >= 11 is 6.22. The molecule has 0 aromatic heterocycles. The third kappa shape index (κ3) is 4.85. The number of imide groups is 1. The Balaban J connectivity index is 1.55. The molecule has 0 fully saturated rings. The van der Waals surface area contributed by atoms with Crippen molar-refractivity contribution in [2.75, 3.05) is 22.6 Å². The van der Waals surface area contributed by atoms with Crippen molar-refractivity contribution in [2.24, 2.45) is 0 Å². The largest absolute Gasteiger partial charge is 0.465 e. The van der Waals surface area contributed by atoms with Crippen LogP contribution in [0.5, 0.6) is 0 Å². The first kappa shape index (κ1) is 24.7. The van der Waals surface area contributed by atoms with Crippen LogP contribution in [0.1, 0.15) is 31.8 Å². The molecule has 0 spiro atoms. The zero-order chi connectivity index (χ0) is 26.0. The van der Waals surface area contributed by atoms with E-state index in [4.69, 9.17) is 16.3 Å². The molecule has 2 N–H and O–H groups in total. The zero-order valence-corrected chi connectivity index (χ0v) is 20.5. The van der Waals surface area contributed by atoms with Crippen LogP contribution in [0.2, 0.25) is 0 Å². The first-order valence-electron chi connectivity index (χ1n) is 10.9. The van der Waals surface area contributed by atoms with Gasteiger partial charge in [-0.25, -0.2) is 9.69 Å². The van der Waals surface area contributed by atoms with Gasteiger partial charge in [-0.2, -0.15) is 0 Å². The summed E-state index contributed by atoms with van der Waals surface area (Å²) in [5, 5.41) is 5.44. The monoisotopic (exact) mass is 503 g/mol. The smallest absolute Gasteiger partial charge is 0.337 e. The molecule has 8 nitrogen and oxygen atoms in total. The van der Waals surface area contributed by atoms with Crippen LogP contribution in [0.15, 0.2) is 77.5 Å². The summed E-state index contributed by atoms with van der Waals surface area (Å²) in [4.78, 5) is 51.5. The normalized spacial score (nSPS) is 13.2. The number of benzene rings is 3. The van der Waals surface area contributed by atoms with Crippen LogP contribution in [0.25, 0.3) is 0 Å². The molecule has 0 saturated heterocycles. The van der Waals surface area contributed by atoms with Gasteiger partial charge >= 0.3 is 5.97 Å². The molecule has 1 heterocycles. The Bertz CT molecular complexity index is 1450. The summed E-state index contributed by atoms with van der Waals surface area (Å²) in [5.74, 6) is -2.38. The number of nitrogens with one attached hydrogen (secondary N) is 2. The van der Waals surface area contributed by atoms with E-state index >= 15 is 0 Å². The average molecular weight is 504 g/mol. The number of nitrogens with zero attached hydrogens (tertiary/aromatic N) is 1. The number of amides is 3. The highest BCUT2D eigenvalue weighted by atomic mass is 35.5. The van der Waals surface area contributed by atoms with E-state index in [2.05, 4.69) is 10.6 Å². The number of esters is 1. The van der Waals surface area contributed by atoms with Crippen molar-refractivity contribution in [3.05, 3.63) is 99.7 Å². The molecule has 0 atom stereocenters. The Morgan fingerprint density at radius 2 is 1.61 bits per heavy atom. The van der Waals surface area contributed by atoms with Gasteiger partial charge in [0, 0.05) is 16.9 Å². The van der Waals surface area contributed by atoms with Crippen molar-refractivity contribution in [1.82, 2.24) is 0 Å². The second kappa shape index (κ2) is 10.1. The van der Waals surface area contributed by atoms with Gasteiger partial charge in [0.2, 0.25) is 0 Å². The minimum Gasteiger partial charge on any atom is -0.465 e. The lowest BCUT2D eigenvalue weighted by molar-refractivity contribution is -0.120. The Morgan fingerprint density at radius 3 is 2.36 bits per heavy atom. The molecule has 4 rings (SSSR count). The van der Waals surface area contributed by atoms with Gasteiger partial charge in [0.25, 0.3) is 17.7 Å². The summed E-state index contributed by atoms with van der Waals surface area (Å²) in [6, 6.07) is 18.1. The van der Waals surface area contributed by atoms with E-state index < -0.39 is 17.8 Å². The van der Waals surface area contributed by atoms with Crippen molar-refractivity contribution in [1.29, 1.82) is 0 Å². The fraction of sp³-hybridized carbons (Fsp3) is 0.111. The van der Waals surface area contributed by atoms with Crippen LogP contribution >= 0.6 is 11.6 Å². The Kier molecular flexibility index (Phi) is 6.89. The molecular formula is C27H22ClN3O5. The van der Waals surface area contributed by atoms with Crippen LogP contribution in [-0.4, -0.2) is 30.8 Å². The number of anilines is 3. The van der Waals surface area contributed by atoms with E-state index in [1.807, 2.05) is 32.0 Å². The Hall–Kier alpha value is -4.43. The number of hydrogen-bond acceptors (Lipinski definition) is 6. The number of carbonyl (C=O) groups excluding carboxylic acids is 4. The number of rotatable bonds is 6. The molecule has 36 heavy (non-hydrogen) atoms. The first-order valence-corrected chi connectivity index (χ1v) is 11.3. The predicted octanol–water partition coefficient (Wildman–Crippen LogP) is 4.78. The van der Waals surface area contributed by atoms with E-state index in [9.17, 15) is 19.2 Å². The van der Waals surface area contributed by atoms with E-state index in [1.54, 1.807) is 24.3 Å². The molecule has 3 amide bonds. The van der Waals surface area contributed by atoms with Gasteiger partial charge in [0.05, 0.1) is 18.4 Å². The van der Waals surface area contributed by atoms with E-state index in [0.29, 0.717) is 16.9 Å². The lowest BCUT2D eigenvalue weighted by Gasteiger charge is -2.16. The fourth-order valence-corrected chi connectivity index (χ4v) is 3.90. The SMILES string of the molecule is COC(=O)c1cccc(N2C(=O)C(Cl)=C(Nc3cccc(C(=O)Nc4cc(C)ccc4C)c3)C2=O)c1. The highest BCUT2D eigenvalue weighted by Gasteiger charge is 2.39. The molecule has 9 heteroatoms. The maximum absolute atomic E-state index is 13.1. The summed E-state index contributed by atoms with van der Waals surface area (Å²) in [6.45, 7) is 3.84. The second-order valence-electron chi connectivity index (χ2n) is 8.15. The van der Waals surface area contributed by atoms with Crippen molar-refractivity contribution < 1.29 is 23.9 Å².